The molecule has 0 bridgehead atoms. The lowest BCUT2D eigenvalue weighted by atomic mass is 9.83. The van der Waals surface area contributed by atoms with Gasteiger partial charge in [0.25, 0.3) is 5.56 Å². The number of hydrogen-bond donors (Lipinski definition) is 3. The number of benzene rings is 2. The van der Waals surface area contributed by atoms with Crippen molar-refractivity contribution in [1.29, 1.82) is 0 Å². The summed E-state index contributed by atoms with van der Waals surface area (Å²) in [5.74, 6) is -0.523. The molecule has 9 rings (SSSR count). The van der Waals surface area contributed by atoms with Crippen molar-refractivity contribution in [2.24, 2.45) is 13.0 Å². The summed E-state index contributed by atoms with van der Waals surface area (Å²) in [4.78, 5) is 63.6. The number of hydrogen-bond acceptors (Lipinski definition) is 10. The summed E-state index contributed by atoms with van der Waals surface area (Å²) in [6.07, 6.45) is 12.0. The predicted octanol–water partition coefficient (Wildman–Crippen LogP) is 5.45. The Kier molecular flexibility index (Phi) is 11.6. The Morgan fingerprint density at radius 2 is 1.64 bits per heavy atom. The summed E-state index contributed by atoms with van der Waals surface area (Å²) in [7, 11) is 1.91. The summed E-state index contributed by atoms with van der Waals surface area (Å²) < 4.78 is 18.3. The first-order valence-corrected chi connectivity index (χ1v) is 21.8. The maximum absolute atomic E-state index is 15.0. The van der Waals surface area contributed by atoms with Crippen LogP contribution >= 0.6 is 0 Å². The number of amides is 3. The molecule has 0 spiro atoms. The van der Waals surface area contributed by atoms with Crippen LogP contribution in [0.5, 0.6) is 0 Å². The highest BCUT2D eigenvalue weighted by Crippen LogP contribution is 2.34. The average molecular weight is 829 g/mol. The molecule has 5 aromatic rings. The molecule has 2 saturated carbocycles. The second-order valence-corrected chi connectivity index (χ2v) is 17.2. The molecule has 3 amide bonds. The quantitative estimate of drug-likeness (QED) is 0.155. The molecular formula is C46H53FN10O4. The van der Waals surface area contributed by atoms with Crippen LogP contribution in [0.1, 0.15) is 82.2 Å². The molecule has 0 radical (unpaired) electrons. The second-order valence-electron chi connectivity index (χ2n) is 17.2. The Balaban J connectivity index is 0.702. The lowest BCUT2D eigenvalue weighted by Gasteiger charge is -2.42. The van der Waals surface area contributed by atoms with E-state index in [1.54, 1.807) is 42.6 Å². The van der Waals surface area contributed by atoms with Crippen LogP contribution < -0.4 is 26.4 Å². The van der Waals surface area contributed by atoms with Gasteiger partial charge in [-0.15, -0.1) is 0 Å². The molecule has 1 atom stereocenters. The Labute approximate surface area is 353 Å². The van der Waals surface area contributed by atoms with Crippen molar-refractivity contribution in [3.8, 4) is 16.9 Å². The largest absolute Gasteiger partial charge is 0.369 e. The van der Waals surface area contributed by atoms with Crippen LogP contribution in [0, 0.1) is 11.7 Å². The van der Waals surface area contributed by atoms with Crippen LogP contribution in [0.25, 0.3) is 27.8 Å². The number of aryl methyl sites for hydroxylation is 1. The van der Waals surface area contributed by atoms with E-state index in [9.17, 15) is 23.6 Å². The number of piperazine rings is 1. The Morgan fingerprint density at radius 3 is 2.41 bits per heavy atom. The lowest BCUT2D eigenvalue weighted by molar-refractivity contribution is -0.134. The highest BCUT2D eigenvalue weighted by atomic mass is 19.1. The van der Waals surface area contributed by atoms with Gasteiger partial charge in [0.1, 0.15) is 5.69 Å². The zero-order valence-electron chi connectivity index (χ0n) is 34.6. The van der Waals surface area contributed by atoms with E-state index < -0.39 is 11.7 Å². The molecule has 3 N–H and O–H groups in total. The minimum atomic E-state index is -0.538. The van der Waals surface area contributed by atoms with E-state index in [-0.39, 0.29) is 41.1 Å². The molecular weight excluding hydrogens is 776 g/mol. The minimum absolute atomic E-state index is 0.114. The van der Waals surface area contributed by atoms with Crippen LogP contribution in [-0.2, 0) is 21.4 Å². The van der Waals surface area contributed by atoms with Crippen molar-refractivity contribution in [2.45, 2.75) is 94.7 Å². The van der Waals surface area contributed by atoms with Gasteiger partial charge in [-0.05, 0) is 100 Å². The number of pyridine rings is 1. The van der Waals surface area contributed by atoms with Gasteiger partial charge in [-0.2, -0.15) is 5.10 Å². The molecule has 2 aromatic carbocycles. The number of aromatic nitrogens is 5. The molecule has 1 unspecified atom stereocenters. The highest BCUT2D eigenvalue weighted by Gasteiger charge is 2.33. The summed E-state index contributed by atoms with van der Waals surface area (Å²) in [6.45, 7) is 3.88. The number of halogens is 1. The first kappa shape index (κ1) is 40.4. The van der Waals surface area contributed by atoms with E-state index in [4.69, 9.17) is 5.10 Å². The van der Waals surface area contributed by atoms with Crippen molar-refractivity contribution in [3.63, 3.8) is 0 Å². The summed E-state index contributed by atoms with van der Waals surface area (Å²) >= 11 is 0. The number of nitrogens with zero attached hydrogens (tertiary/aromatic N) is 7. The maximum atomic E-state index is 15.0. The van der Waals surface area contributed by atoms with Gasteiger partial charge in [-0.1, -0.05) is 18.2 Å². The number of anilines is 2. The number of piperidine rings is 1. The molecule has 5 heterocycles. The summed E-state index contributed by atoms with van der Waals surface area (Å²) in [5.41, 5.74) is 4.05. The van der Waals surface area contributed by atoms with Gasteiger partial charge < -0.3 is 15.5 Å². The van der Waals surface area contributed by atoms with Crippen molar-refractivity contribution in [3.05, 3.63) is 94.9 Å². The fraction of sp³-hybridized carbons (Fsp3) is 0.457. The van der Waals surface area contributed by atoms with Gasteiger partial charge in [0, 0.05) is 98.8 Å². The normalized spacial score (nSPS) is 23.8. The van der Waals surface area contributed by atoms with Crippen molar-refractivity contribution in [1.82, 2.24) is 39.8 Å². The Hall–Kier alpha value is -5.96. The van der Waals surface area contributed by atoms with E-state index in [0.717, 1.165) is 99.8 Å². The fourth-order valence-corrected chi connectivity index (χ4v) is 9.94. The van der Waals surface area contributed by atoms with E-state index in [1.807, 2.05) is 11.7 Å². The van der Waals surface area contributed by atoms with Crippen LogP contribution in [0.15, 0.2) is 77.9 Å². The molecule has 2 saturated heterocycles. The maximum Gasteiger partial charge on any atom is 0.255 e. The third-order valence-corrected chi connectivity index (χ3v) is 13.3. The van der Waals surface area contributed by atoms with E-state index >= 15 is 0 Å². The zero-order valence-corrected chi connectivity index (χ0v) is 34.6. The van der Waals surface area contributed by atoms with Gasteiger partial charge in [0.2, 0.25) is 23.7 Å². The lowest BCUT2D eigenvalue weighted by Crippen LogP contribution is -2.51. The number of carbonyl (C=O) groups excluding carboxylic acids is 3. The van der Waals surface area contributed by atoms with Gasteiger partial charge in [0.05, 0.1) is 23.3 Å². The average Bonchev–Trinajstić information content (AvgIpc) is 3.60. The number of nitrogens with one attached hydrogen (secondary N) is 3. The van der Waals surface area contributed by atoms with Gasteiger partial charge >= 0.3 is 0 Å². The van der Waals surface area contributed by atoms with Gasteiger partial charge in [-0.3, -0.25) is 38.6 Å². The molecule has 318 valence electrons. The first-order chi connectivity index (χ1) is 29.6. The summed E-state index contributed by atoms with van der Waals surface area (Å²) in [5, 5.41) is 14.8. The first-order valence-electron chi connectivity index (χ1n) is 21.8. The van der Waals surface area contributed by atoms with E-state index in [0.29, 0.717) is 48.4 Å². The smallest absolute Gasteiger partial charge is 0.255 e. The van der Waals surface area contributed by atoms with Gasteiger partial charge in [0.15, 0.2) is 5.82 Å². The fourth-order valence-electron chi connectivity index (χ4n) is 9.94. The number of fused-ring (bicyclic) bond motifs is 1. The molecule has 14 nitrogen and oxygen atoms in total. The van der Waals surface area contributed by atoms with Crippen LogP contribution in [0.2, 0.25) is 0 Å². The number of imide groups is 1. The molecule has 4 aliphatic rings. The molecule has 3 aromatic heterocycles. The molecule has 15 heteroatoms. The number of carbonyl (C=O) groups is 3. The summed E-state index contributed by atoms with van der Waals surface area (Å²) in [6, 6.07) is 19.2. The molecule has 2 aliphatic heterocycles. The minimum Gasteiger partial charge on any atom is -0.369 e. The topological polar surface area (TPSA) is 159 Å². The molecule has 61 heavy (non-hydrogen) atoms. The van der Waals surface area contributed by atoms with Crippen molar-refractivity contribution >= 4 is 40.3 Å². The van der Waals surface area contributed by atoms with Crippen molar-refractivity contribution in [2.75, 3.05) is 36.4 Å². The molecule has 2 aliphatic carbocycles. The van der Waals surface area contributed by atoms with Gasteiger partial charge in [-0.25, -0.2) is 14.4 Å². The second kappa shape index (κ2) is 17.6. The SMILES string of the molecule is Cn1nc(C2CCC(=O)NC2=O)c2ccc(N3CCN(C4CCC(CC(=O)N[C@H]5CC[C@H](Nc6ncc(F)c(-c7cccc(-n8ccccc8=O)c7)n6)CC5)CC4)CC3)cc21. The standard InChI is InChI=1S/C46H53FN10O4/c1-54-39-27-34(16-17-36(39)44(53-54)37-18-19-40(58)51-45(37)61)56-23-21-55(22-24-56)33-14-8-29(9-15-33)25-41(59)49-31-10-12-32(13-11-31)50-46-48-28-38(47)43(52-46)30-5-4-6-35(26-30)57-20-3-2-7-42(57)60/h2-7,16-17,20,26-29,31-33,37H,8-15,18-19,21-25H2,1H3,(H,49,59)(H,48,50,52)(H,51,58,61)/t29?,31-,32-,33?,37?. The third kappa shape index (κ3) is 8.93. The Bertz CT molecular complexity index is 2480. The Morgan fingerprint density at radius 1 is 0.852 bits per heavy atom. The number of rotatable bonds is 10. The van der Waals surface area contributed by atoms with Crippen LogP contribution in [-0.4, -0.2) is 91.2 Å². The molecule has 4 fully saturated rings. The van der Waals surface area contributed by atoms with Crippen LogP contribution in [0.4, 0.5) is 16.0 Å². The zero-order chi connectivity index (χ0) is 42.0. The third-order valence-electron chi connectivity index (χ3n) is 13.3. The van der Waals surface area contributed by atoms with Crippen molar-refractivity contribution < 1.29 is 18.8 Å². The van der Waals surface area contributed by atoms with E-state index in [1.165, 1.54) is 16.8 Å². The highest BCUT2D eigenvalue weighted by molar-refractivity contribution is 6.02. The van der Waals surface area contributed by atoms with E-state index in [2.05, 4.69) is 53.9 Å². The van der Waals surface area contributed by atoms with Crippen LogP contribution in [0.3, 0.4) is 0 Å². The predicted molar refractivity (Wildman–Crippen MR) is 231 cm³/mol. The monoisotopic (exact) mass is 828 g/mol.